The van der Waals surface area contributed by atoms with Crippen LogP contribution in [0, 0.1) is 0 Å². The second kappa shape index (κ2) is 6.62. The monoisotopic (exact) mass is 311 g/mol. The number of carbonyl (C=O) groups is 1. The molecule has 1 N–H and O–H groups in total. The Labute approximate surface area is 133 Å². The molecule has 0 bridgehead atoms. The maximum absolute atomic E-state index is 11.2. The summed E-state index contributed by atoms with van der Waals surface area (Å²) >= 11 is 1.69. The maximum atomic E-state index is 11.2. The lowest BCUT2D eigenvalue weighted by atomic mass is 10.1. The molecule has 0 spiro atoms. The van der Waals surface area contributed by atoms with Crippen LogP contribution in [0.3, 0.4) is 0 Å². The summed E-state index contributed by atoms with van der Waals surface area (Å²) in [4.78, 5) is 12.5. The van der Waals surface area contributed by atoms with Gasteiger partial charge in [-0.2, -0.15) is 0 Å². The van der Waals surface area contributed by atoms with Crippen LogP contribution < -0.4 is 5.32 Å². The van der Waals surface area contributed by atoms with E-state index in [0.717, 1.165) is 29.7 Å². The molecule has 0 saturated heterocycles. The number of rotatable bonds is 5. The molecular weight excluding hydrogens is 294 g/mol. The lowest BCUT2D eigenvalue weighted by Gasteiger charge is -2.15. The average Bonchev–Trinajstić information content (AvgIpc) is 3.07. The van der Waals surface area contributed by atoms with E-state index in [-0.39, 0.29) is 0 Å². The standard InChI is InChI=1S/C18H17NO2S/c1-13-4-7-18(21-12-13)14-5-6-15(11-20)17(9-14)19-10-16-3-2-8-22-16/h2-3,5-9,11-12,19H,4,10H2,1H3. The van der Waals surface area contributed by atoms with Crippen molar-refractivity contribution in [3.63, 3.8) is 0 Å². The zero-order chi connectivity index (χ0) is 15.4. The molecule has 0 aliphatic carbocycles. The predicted octanol–water partition coefficient (Wildman–Crippen LogP) is 4.84. The van der Waals surface area contributed by atoms with Crippen molar-refractivity contribution in [1.82, 2.24) is 0 Å². The fraction of sp³-hybridized carbons (Fsp3) is 0.167. The third-order valence-corrected chi connectivity index (χ3v) is 4.37. The zero-order valence-electron chi connectivity index (χ0n) is 12.3. The molecule has 4 heteroatoms. The number of hydrogen-bond donors (Lipinski definition) is 1. The van der Waals surface area contributed by atoms with E-state index < -0.39 is 0 Å². The van der Waals surface area contributed by atoms with E-state index >= 15 is 0 Å². The van der Waals surface area contributed by atoms with Crippen LogP contribution >= 0.6 is 11.3 Å². The number of carbonyl (C=O) groups excluding carboxylic acids is 1. The highest BCUT2D eigenvalue weighted by Gasteiger charge is 2.10. The summed E-state index contributed by atoms with van der Waals surface area (Å²) < 4.78 is 5.64. The van der Waals surface area contributed by atoms with E-state index in [9.17, 15) is 4.79 Å². The predicted molar refractivity (Wildman–Crippen MR) is 90.9 cm³/mol. The summed E-state index contributed by atoms with van der Waals surface area (Å²) in [7, 11) is 0. The lowest BCUT2D eigenvalue weighted by Crippen LogP contribution is -2.02. The SMILES string of the molecule is CC1=COC(c2ccc(C=O)c(NCc3cccs3)c2)=CC1. The van der Waals surface area contributed by atoms with Gasteiger partial charge in [-0.1, -0.05) is 12.1 Å². The first-order valence-electron chi connectivity index (χ1n) is 7.14. The molecule has 0 radical (unpaired) electrons. The number of hydrogen-bond acceptors (Lipinski definition) is 4. The first-order chi connectivity index (χ1) is 10.8. The van der Waals surface area contributed by atoms with Gasteiger partial charge in [-0.25, -0.2) is 0 Å². The van der Waals surface area contributed by atoms with Crippen molar-refractivity contribution in [3.05, 3.63) is 69.6 Å². The van der Waals surface area contributed by atoms with Crippen molar-refractivity contribution in [3.8, 4) is 0 Å². The number of allylic oxidation sites excluding steroid dienone is 2. The average molecular weight is 311 g/mol. The van der Waals surface area contributed by atoms with Gasteiger partial charge < -0.3 is 10.1 Å². The van der Waals surface area contributed by atoms with E-state index in [1.54, 1.807) is 17.6 Å². The van der Waals surface area contributed by atoms with Crippen LogP contribution in [0.5, 0.6) is 0 Å². The molecule has 1 aliphatic heterocycles. The number of benzene rings is 1. The molecule has 22 heavy (non-hydrogen) atoms. The second-order valence-corrected chi connectivity index (χ2v) is 6.24. The van der Waals surface area contributed by atoms with Gasteiger partial charge in [0.1, 0.15) is 5.76 Å². The van der Waals surface area contributed by atoms with Crippen LogP contribution in [0.4, 0.5) is 5.69 Å². The molecule has 0 fully saturated rings. The minimum Gasteiger partial charge on any atom is -0.465 e. The molecular formula is C18H17NO2S. The Balaban J connectivity index is 1.81. The third kappa shape index (κ3) is 3.28. The summed E-state index contributed by atoms with van der Waals surface area (Å²) in [5.74, 6) is 0.835. The van der Waals surface area contributed by atoms with Crippen molar-refractivity contribution in [2.24, 2.45) is 0 Å². The van der Waals surface area contributed by atoms with E-state index in [1.165, 1.54) is 10.5 Å². The van der Waals surface area contributed by atoms with Gasteiger partial charge in [0.15, 0.2) is 6.29 Å². The maximum Gasteiger partial charge on any atom is 0.152 e. The van der Waals surface area contributed by atoms with Crippen LogP contribution in [0.2, 0.25) is 0 Å². The Kier molecular flexibility index (Phi) is 4.39. The molecule has 2 aromatic rings. The molecule has 0 atom stereocenters. The Morgan fingerprint density at radius 1 is 1.36 bits per heavy atom. The van der Waals surface area contributed by atoms with Crippen molar-refractivity contribution in [2.75, 3.05) is 5.32 Å². The van der Waals surface area contributed by atoms with Gasteiger partial charge in [0.05, 0.1) is 6.26 Å². The highest BCUT2D eigenvalue weighted by Crippen LogP contribution is 2.27. The van der Waals surface area contributed by atoms with Crippen LogP contribution in [0.25, 0.3) is 5.76 Å². The van der Waals surface area contributed by atoms with Gasteiger partial charge in [-0.15, -0.1) is 11.3 Å². The molecule has 112 valence electrons. The first-order valence-corrected chi connectivity index (χ1v) is 8.02. The molecule has 1 aliphatic rings. The molecule has 3 rings (SSSR count). The van der Waals surface area contributed by atoms with Crippen LogP contribution in [-0.2, 0) is 11.3 Å². The van der Waals surface area contributed by atoms with Gasteiger partial charge >= 0.3 is 0 Å². The Hall–Kier alpha value is -2.33. The highest BCUT2D eigenvalue weighted by molar-refractivity contribution is 7.09. The summed E-state index contributed by atoms with van der Waals surface area (Å²) in [6.07, 6.45) is 5.61. The van der Waals surface area contributed by atoms with Gasteiger partial charge in [0, 0.05) is 28.2 Å². The molecule has 1 aromatic carbocycles. The number of nitrogens with one attached hydrogen (secondary N) is 1. The van der Waals surface area contributed by atoms with Crippen LogP contribution in [0.15, 0.2) is 53.6 Å². The minimum absolute atomic E-state index is 0.656. The second-order valence-electron chi connectivity index (χ2n) is 5.21. The quantitative estimate of drug-likeness (QED) is 0.803. The number of thiophene rings is 1. The summed E-state index contributed by atoms with van der Waals surface area (Å²) in [5, 5.41) is 5.38. The molecule has 3 nitrogen and oxygen atoms in total. The van der Waals surface area contributed by atoms with Crippen molar-refractivity contribution < 1.29 is 9.53 Å². The topological polar surface area (TPSA) is 38.3 Å². The summed E-state index contributed by atoms with van der Waals surface area (Å²) in [5.41, 5.74) is 3.66. The minimum atomic E-state index is 0.656. The van der Waals surface area contributed by atoms with Crippen LogP contribution in [0.1, 0.15) is 34.1 Å². The van der Waals surface area contributed by atoms with Gasteiger partial charge in [0.25, 0.3) is 0 Å². The smallest absolute Gasteiger partial charge is 0.152 e. The number of aldehydes is 1. The van der Waals surface area contributed by atoms with Crippen molar-refractivity contribution in [1.29, 1.82) is 0 Å². The molecule has 0 amide bonds. The van der Waals surface area contributed by atoms with Crippen molar-refractivity contribution in [2.45, 2.75) is 19.9 Å². The van der Waals surface area contributed by atoms with E-state index in [1.807, 2.05) is 36.6 Å². The third-order valence-electron chi connectivity index (χ3n) is 3.49. The number of anilines is 1. The van der Waals surface area contributed by atoms with E-state index in [4.69, 9.17) is 4.74 Å². The first kappa shape index (κ1) is 14.6. The Morgan fingerprint density at radius 3 is 2.95 bits per heavy atom. The summed E-state index contributed by atoms with van der Waals surface area (Å²) in [6, 6.07) is 9.81. The fourth-order valence-corrected chi connectivity index (χ4v) is 2.91. The van der Waals surface area contributed by atoms with Gasteiger partial charge in [-0.3, -0.25) is 4.79 Å². The Bertz CT molecular complexity index is 730. The molecule has 0 unspecified atom stereocenters. The number of ether oxygens (including phenoxy) is 1. The lowest BCUT2D eigenvalue weighted by molar-refractivity contribution is 0.112. The fourth-order valence-electron chi connectivity index (χ4n) is 2.26. The van der Waals surface area contributed by atoms with E-state index in [2.05, 4.69) is 17.5 Å². The van der Waals surface area contributed by atoms with E-state index in [0.29, 0.717) is 12.1 Å². The molecule has 2 heterocycles. The highest BCUT2D eigenvalue weighted by atomic mass is 32.1. The van der Waals surface area contributed by atoms with Gasteiger partial charge in [0.2, 0.25) is 0 Å². The van der Waals surface area contributed by atoms with Crippen molar-refractivity contribution >= 4 is 29.1 Å². The van der Waals surface area contributed by atoms with Crippen LogP contribution in [-0.4, -0.2) is 6.29 Å². The largest absolute Gasteiger partial charge is 0.465 e. The van der Waals surface area contributed by atoms with Gasteiger partial charge in [-0.05, 0) is 48.6 Å². The Morgan fingerprint density at radius 2 is 2.27 bits per heavy atom. The summed E-state index contributed by atoms with van der Waals surface area (Å²) in [6.45, 7) is 2.75. The normalized spacial score (nSPS) is 13.9. The zero-order valence-corrected chi connectivity index (χ0v) is 13.2. The molecule has 0 saturated carbocycles. The molecule has 1 aromatic heterocycles.